The molecule has 7 heteroatoms. The van der Waals surface area contributed by atoms with Gasteiger partial charge in [0.25, 0.3) is 0 Å². The van der Waals surface area contributed by atoms with Crippen molar-refractivity contribution in [2.24, 2.45) is 0 Å². The van der Waals surface area contributed by atoms with Gasteiger partial charge in [-0.1, -0.05) is 60.7 Å². The maximum absolute atomic E-state index is 13.4. The number of carbonyl (C=O) groups excluding carboxylic acids is 3. The Morgan fingerprint density at radius 3 is 2.07 bits per heavy atom. The molecule has 1 unspecified atom stereocenters. The molecule has 1 N–H and O–H groups in total. The second-order valence-electron chi connectivity index (χ2n) is 8.08. The maximum Gasteiger partial charge on any atom is 0.331 e. The average Bonchev–Trinajstić information content (AvgIpc) is 2.99. The first kappa shape index (κ1) is 20.5. The Morgan fingerprint density at radius 2 is 1.57 bits per heavy atom. The van der Waals surface area contributed by atoms with Crippen LogP contribution in [0.2, 0.25) is 0 Å². The zero-order chi connectivity index (χ0) is 21.5. The zero-order valence-corrected chi connectivity index (χ0v) is 17.9. The van der Waals surface area contributed by atoms with Gasteiger partial charge in [-0.15, -0.1) is 11.8 Å². The minimum absolute atomic E-state index is 0.244. The summed E-state index contributed by atoms with van der Waals surface area (Å²) in [5.41, 5.74) is 1.73. The molecule has 2 aromatic rings. The molecule has 6 nitrogen and oxygen atoms in total. The largest absolute Gasteiger partial charge is 0.451 e. The van der Waals surface area contributed by atoms with Crippen molar-refractivity contribution in [3.8, 4) is 0 Å². The molecule has 0 spiro atoms. The molecular weight excluding hydrogens is 400 g/mol. The number of hydrogen-bond acceptors (Lipinski definition) is 5. The van der Waals surface area contributed by atoms with Crippen molar-refractivity contribution in [1.82, 2.24) is 10.2 Å². The van der Waals surface area contributed by atoms with E-state index in [1.165, 1.54) is 18.7 Å². The number of thioether (sulfide) groups is 1. The smallest absolute Gasteiger partial charge is 0.331 e. The summed E-state index contributed by atoms with van der Waals surface area (Å²) in [6.07, 6.45) is -0.567. The molecule has 0 radical (unpaired) electrons. The molecule has 0 aliphatic carbocycles. The van der Waals surface area contributed by atoms with Crippen molar-refractivity contribution in [3.63, 3.8) is 0 Å². The van der Waals surface area contributed by atoms with E-state index < -0.39 is 28.9 Å². The van der Waals surface area contributed by atoms with Gasteiger partial charge in [-0.2, -0.15) is 0 Å². The van der Waals surface area contributed by atoms with E-state index in [1.54, 1.807) is 4.90 Å². The molecule has 0 saturated carbocycles. The average molecular weight is 425 g/mol. The molecule has 2 aromatic carbocycles. The van der Waals surface area contributed by atoms with Crippen molar-refractivity contribution < 1.29 is 19.1 Å². The summed E-state index contributed by atoms with van der Waals surface area (Å²) >= 11 is 1.52. The topological polar surface area (TPSA) is 75.7 Å². The molecule has 3 atom stereocenters. The van der Waals surface area contributed by atoms with E-state index in [9.17, 15) is 14.4 Å². The molecule has 4 rings (SSSR count). The Kier molecular flexibility index (Phi) is 5.32. The number of nitrogens with zero attached hydrogens (tertiary/aromatic N) is 1. The molecule has 2 aliphatic heterocycles. The lowest BCUT2D eigenvalue weighted by molar-refractivity contribution is -0.166. The number of nitrogens with one attached hydrogen (secondary N) is 1. The van der Waals surface area contributed by atoms with Crippen LogP contribution < -0.4 is 5.32 Å². The lowest BCUT2D eigenvalue weighted by Gasteiger charge is -2.44. The first-order chi connectivity index (χ1) is 14.3. The van der Waals surface area contributed by atoms with Gasteiger partial charge < -0.3 is 15.0 Å². The fraction of sp³-hybridized carbons (Fsp3) is 0.348. The zero-order valence-electron chi connectivity index (χ0n) is 17.1. The number of ether oxygens (including phenoxy) is 1. The summed E-state index contributed by atoms with van der Waals surface area (Å²) in [6.45, 7) is 5.25. The quantitative estimate of drug-likeness (QED) is 0.590. The van der Waals surface area contributed by atoms with Gasteiger partial charge in [-0.3, -0.25) is 9.59 Å². The van der Waals surface area contributed by atoms with Crippen LogP contribution in [-0.2, 0) is 19.1 Å². The molecule has 2 heterocycles. The third kappa shape index (κ3) is 3.58. The highest BCUT2D eigenvalue weighted by Gasteiger charge is 2.64. The standard InChI is InChI=1S/C23H24N2O4S/c1-14(26)24-17-20(27)25-19(23(2,3)30-21(17)25)22(28)29-18(15-10-6-4-7-11-15)16-12-8-5-9-13-16/h4-13,17-19,21H,1-3H3,(H,24,26)/t17-,19+,21?/m1/s1. The molecule has 156 valence electrons. The van der Waals surface area contributed by atoms with Gasteiger partial charge in [0.1, 0.15) is 17.5 Å². The number of rotatable bonds is 5. The second-order valence-corrected chi connectivity index (χ2v) is 9.85. The van der Waals surface area contributed by atoms with Crippen molar-refractivity contribution in [2.75, 3.05) is 0 Å². The maximum atomic E-state index is 13.4. The highest BCUT2D eigenvalue weighted by atomic mass is 32.2. The van der Waals surface area contributed by atoms with Gasteiger partial charge in [0.2, 0.25) is 11.8 Å². The molecule has 0 aromatic heterocycles. The van der Waals surface area contributed by atoms with Gasteiger partial charge in [-0.05, 0) is 25.0 Å². The van der Waals surface area contributed by atoms with Gasteiger partial charge in [0.05, 0.1) is 0 Å². The summed E-state index contributed by atoms with van der Waals surface area (Å²) < 4.78 is 5.49. The van der Waals surface area contributed by atoms with Crippen LogP contribution in [0.15, 0.2) is 60.7 Å². The fourth-order valence-corrected chi connectivity index (χ4v) is 5.73. The SMILES string of the molecule is CC(=O)N[C@@H]1C(=O)N2C1SC(C)(C)[C@@H]2C(=O)OC(c1ccccc1)c1ccccc1. The van der Waals surface area contributed by atoms with E-state index in [2.05, 4.69) is 5.32 Å². The molecule has 2 fully saturated rings. The number of fused-ring (bicyclic) bond motifs is 1. The number of hydrogen-bond donors (Lipinski definition) is 1. The molecule has 2 saturated heterocycles. The van der Waals surface area contributed by atoms with Crippen LogP contribution in [-0.4, -0.2) is 44.9 Å². The minimum Gasteiger partial charge on any atom is -0.451 e. The van der Waals surface area contributed by atoms with E-state index in [0.29, 0.717) is 0 Å². The van der Waals surface area contributed by atoms with Crippen molar-refractivity contribution >= 4 is 29.5 Å². The van der Waals surface area contributed by atoms with Crippen LogP contribution in [0, 0.1) is 0 Å². The van der Waals surface area contributed by atoms with E-state index in [1.807, 2.05) is 74.5 Å². The summed E-state index contributed by atoms with van der Waals surface area (Å²) in [5, 5.41) is 2.42. The fourth-order valence-electron chi connectivity index (χ4n) is 4.11. The second kappa shape index (κ2) is 7.80. The summed E-state index contributed by atoms with van der Waals surface area (Å²) in [6, 6.07) is 17.8. The first-order valence-corrected chi connectivity index (χ1v) is 10.7. The third-order valence-corrected chi connectivity index (χ3v) is 7.03. The Morgan fingerprint density at radius 1 is 1.03 bits per heavy atom. The van der Waals surface area contributed by atoms with Crippen molar-refractivity contribution in [3.05, 3.63) is 71.8 Å². The van der Waals surface area contributed by atoms with Gasteiger partial charge in [0, 0.05) is 11.7 Å². The van der Waals surface area contributed by atoms with E-state index in [4.69, 9.17) is 4.74 Å². The Balaban J connectivity index is 1.60. The Hall–Kier alpha value is -2.80. The molecule has 2 aliphatic rings. The van der Waals surface area contributed by atoms with Crippen LogP contribution in [0.4, 0.5) is 0 Å². The number of carbonyl (C=O) groups is 3. The summed E-state index contributed by atoms with van der Waals surface area (Å²) in [5.74, 6) is -0.945. The molecule has 30 heavy (non-hydrogen) atoms. The van der Waals surface area contributed by atoms with Gasteiger partial charge in [-0.25, -0.2) is 4.79 Å². The predicted octanol–water partition coefficient (Wildman–Crippen LogP) is 2.89. The van der Waals surface area contributed by atoms with Crippen LogP contribution in [0.1, 0.15) is 38.0 Å². The number of benzene rings is 2. The van der Waals surface area contributed by atoms with Crippen LogP contribution in [0.25, 0.3) is 0 Å². The van der Waals surface area contributed by atoms with E-state index in [0.717, 1.165) is 11.1 Å². The van der Waals surface area contributed by atoms with Gasteiger partial charge in [0.15, 0.2) is 6.10 Å². The first-order valence-electron chi connectivity index (χ1n) is 9.87. The number of amides is 2. The summed E-state index contributed by atoms with van der Waals surface area (Å²) in [7, 11) is 0. The highest BCUT2D eigenvalue weighted by molar-refractivity contribution is 8.01. The van der Waals surface area contributed by atoms with Crippen LogP contribution in [0.5, 0.6) is 0 Å². The Bertz CT molecular complexity index is 924. The highest BCUT2D eigenvalue weighted by Crippen LogP contribution is 2.51. The minimum atomic E-state index is -0.722. The Labute approximate surface area is 180 Å². The van der Waals surface area contributed by atoms with Crippen LogP contribution in [0.3, 0.4) is 0 Å². The lowest BCUT2D eigenvalue weighted by Crippen LogP contribution is -2.70. The lowest BCUT2D eigenvalue weighted by atomic mass is 9.95. The van der Waals surface area contributed by atoms with Gasteiger partial charge >= 0.3 is 5.97 Å². The molecular formula is C23H24N2O4S. The monoisotopic (exact) mass is 424 g/mol. The normalized spacial score (nSPS) is 24.2. The van der Waals surface area contributed by atoms with E-state index in [-0.39, 0.29) is 17.2 Å². The predicted molar refractivity (Wildman–Crippen MR) is 115 cm³/mol. The molecule has 0 bridgehead atoms. The molecule has 2 amide bonds. The summed E-state index contributed by atoms with van der Waals surface area (Å²) in [4.78, 5) is 39.1. The number of β-lactam (4-membered cyclic amide) rings is 1. The number of esters is 1. The van der Waals surface area contributed by atoms with Crippen molar-refractivity contribution in [1.29, 1.82) is 0 Å². The third-order valence-electron chi connectivity index (χ3n) is 5.46. The van der Waals surface area contributed by atoms with Crippen LogP contribution >= 0.6 is 11.8 Å². The van der Waals surface area contributed by atoms with E-state index >= 15 is 0 Å². The van der Waals surface area contributed by atoms with Crippen molar-refractivity contribution in [2.45, 2.75) is 49.1 Å².